The molecule has 1 aliphatic rings. The Bertz CT molecular complexity index is 850. The molecule has 28 heavy (non-hydrogen) atoms. The Hall–Kier alpha value is -1.22. The number of piperidine rings is 1. The lowest BCUT2D eigenvalue weighted by molar-refractivity contribution is 0.100. The fraction of sp³-hybridized carbons (Fsp3) is 0.294. The van der Waals surface area contributed by atoms with E-state index in [1.54, 1.807) is 18.2 Å². The predicted molar refractivity (Wildman–Crippen MR) is 121 cm³/mol. The van der Waals surface area contributed by atoms with Crippen molar-refractivity contribution in [2.24, 2.45) is 16.5 Å². The van der Waals surface area contributed by atoms with Crippen molar-refractivity contribution in [3.63, 3.8) is 0 Å². The molecule has 1 aromatic heterocycles. The van der Waals surface area contributed by atoms with E-state index in [0.29, 0.717) is 20.0 Å². The molecule has 5 N–H and O–H groups in total. The number of guanidine groups is 1. The number of amides is 1. The Morgan fingerprint density at radius 3 is 2.39 bits per heavy atom. The molecule has 6 nitrogen and oxygen atoms in total. The van der Waals surface area contributed by atoms with E-state index < -0.39 is 5.91 Å². The SMILES string of the molecule is Cl.Cl.NC(N)=NC(=O)c1cc(OC2CCNCC2)cc(-c2cc(Cl)sc2Cl)c1. The molecule has 1 fully saturated rings. The van der Waals surface area contributed by atoms with Crippen molar-refractivity contribution in [1.82, 2.24) is 5.32 Å². The first-order valence-corrected chi connectivity index (χ1v) is 9.61. The summed E-state index contributed by atoms with van der Waals surface area (Å²) in [5.74, 6) is -0.265. The summed E-state index contributed by atoms with van der Waals surface area (Å²) < 4.78 is 7.18. The van der Waals surface area contributed by atoms with Gasteiger partial charge in [-0.1, -0.05) is 23.2 Å². The number of thiophene rings is 1. The fourth-order valence-corrected chi connectivity index (χ4v) is 4.28. The Kier molecular flexibility index (Phi) is 9.83. The van der Waals surface area contributed by atoms with Gasteiger partial charge in [-0.25, -0.2) is 0 Å². The van der Waals surface area contributed by atoms with Gasteiger partial charge >= 0.3 is 0 Å². The molecule has 154 valence electrons. The number of nitrogens with zero attached hydrogens (tertiary/aromatic N) is 1. The summed E-state index contributed by atoms with van der Waals surface area (Å²) >= 11 is 13.6. The number of aliphatic imine (C=N–C) groups is 1. The molecule has 2 heterocycles. The van der Waals surface area contributed by atoms with Crippen LogP contribution in [0.15, 0.2) is 29.3 Å². The maximum atomic E-state index is 12.3. The van der Waals surface area contributed by atoms with Crippen LogP contribution in [0.5, 0.6) is 5.75 Å². The first-order valence-electron chi connectivity index (χ1n) is 8.04. The molecule has 1 amide bonds. The number of nitrogens with one attached hydrogen (secondary N) is 1. The zero-order chi connectivity index (χ0) is 18.7. The normalized spacial score (nSPS) is 13.8. The van der Waals surface area contributed by atoms with E-state index in [4.69, 9.17) is 39.4 Å². The van der Waals surface area contributed by atoms with E-state index in [-0.39, 0.29) is 36.9 Å². The van der Waals surface area contributed by atoms with Gasteiger partial charge in [-0.05, 0) is 55.8 Å². The van der Waals surface area contributed by atoms with Gasteiger partial charge in [0.2, 0.25) is 0 Å². The number of carbonyl (C=O) groups is 1. The standard InChI is InChI=1S/C17H18Cl2N4O2S.2ClH/c18-14-8-13(15(19)26-14)9-5-10(16(24)23-17(20)21)7-12(6-9)25-11-1-3-22-4-2-11;;/h5-8,11,22H,1-4H2,(H4,20,21,23,24);2*1H. The van der Waals surface area contributed by atoms with Gasteiger partial charge in [0.25, 0.3) is 5.91 Å². The van der Waals surface area contributed by atoms with Crippen LogP contribution in [0, 0.1) is 0 Å². The van der Waals surface area contributed by atoms with Gasteiger partial charge in [-0.15, -0.1) is 36.2 Å². The maximum absolute atomic E-state index is 12.3. The highest BCUT2D eigenvalue weighted by Crippen LogP contribution is 2.39. The summed E-state index contributed by atoms with van der Waals surface area (Å²) in [5, 5.41) is 3.29. The minimum Gasteiger partial charge on any atom is -0.490 e. The number of hydrogen-bond donors (Lipinski definition) is 3. The third kappa shape index (κ3) is 6.40. The molecule has 0 unspecified atom stereocenters. The van der Waals surface area contributed by atoms with Gasteiger partial charge in [-0.3, -0.25) is 4.79 Å². The Morgan fingerprint density at radius 1 is 1.14 bits per heavy atom. The molecule has 1 saturated heterocycles. The van der Waals surface area contributed by atoms with Gasteiger partial charge in [0.05, 0.1) is 4.34 Å². The first kappa shape index (κ1) is 24.8. The number of nitrogens with two attached hydrogens (primary N) is 2. The summed E-state index contributed by atoms with van der Waals surface area (Å²) in [4.78, 5) is 15.9. The Morgan fingerprint density at radius 2 is 1.82 bits per heavy atom. The second-order valence-electron chi connectivity index (χ2n) is 5.89. The molecule has 0 radical (unpaired) electrons. The van der Waals surface area contributed by atoms with Crippen LogP contribution < -0.4 is 21.5 Å². The molecule has 1 aromatic carbocycles. The van der Waals surface area contributed by atoms with Crippen LogP contribution in [0.1, 0.15) is 23.2 Å². The number of hydrogen-bond acceptors (Lipinski definition) is 4. The fourth-order valence-electron chi connectivity index (χ4n) is 2.77. The summed E-state index contributed by atoms with van der Waals surface area (Å²) in [6.45, 7) is 1.80. The molecule has 0 atom stereocenters. The highest BCUT2D eigenvalue weighted by atomic mass is 35.5. The summed E-state index contributed by atoms with van der Waals surface area (Å²) in [6.07, 6.45) is 1.87. The van der Waals surface area contributed by atoms with Gasteiger partial charge in [0.15, 0.2) is 5.96 Å². The Labute approximate surface area is 189 Å². The van der Waals surface area contributed by atoms with Crippen molar-refractivity contribution in [1.29, 1.82) is 0 Å². The van der Waals surface area contributed by atoms with E-state index in [0.717, 1.165) is 37.1 Å². The van der Waals surface area contributed by atoms with Crippen molar-refractivity contribution >= 4 is 71.2 Å². The van der Waals surface area contributed by atoms with Crippen molar-refractivity contribution in [2.75, 3.05) is 13.1 Å². The van der Waals surface area contributed by atoms with E-state index in [1.165, 1.54) is 11.3 Å². The smallest absolute Gasteiger partial charge is 0.280 e. The molecule has 0 aliphatic carbocycles. The van der Waals surface area contributed by atoms with Gasteiger partial charge in [0.1, 0.15) is 16.2 Å². The Balaban J connectivity index is 0.00000196. The van der Waals surface area contributed by atoms with E-state index in [1.807, 2.05) is 6.07 Å². The summed E-state index contributed by atoms with van der Waals surface area (Å²) in [7, 11) is 0. The third-order valence-corrected chi connectivity index (χ3v) is 5.43. The van der Waals surface area contributed by atoms with Crippen LogP contribution in [0.2, 0.25) is 8.67 Å². The average Bonchev–Trinajstić information content (AvgIpc) is 2.93. The van der Waals surface area contributed by atoms with E-state index >= 15 is 0 Å². The molecule has 0 saturated carbocycles. The number of halogens is 4. The molecule has 0 bridgehead atoms. The second-order valence-corrected chi connectivity index (χ2v) is 8.18. The quantitative estimate of drug-likeness (QED) is 0.446. The number of carbonyl (C=O) groups excluding carboxylic acids is 1. The van der Waals surface area contributed by atoms with E-state index in [9.17, 15) is 4.79 Å². The van der Waals surface area contributed by atoms with Crippen LogP contribution in [0.25, 0.3) is 11.1 Å². The third-order valence-electron chi connectivity index (χ3n) is 3.94. The lowest BCUT2D eigenvalue weighted by Crippen LogP contribution is -2.34. The van der Waals surface area contributed by atoms with Crippen molar-refractivity contribution in [2.45, 2.75) is 18.9 Å². The summed E-state index contributed by atoms with van der Waals surface area (Å²) in [6, 6.07) is 6.92. The molecular weight excluding hydrogens is 466 g/mol. The number of benzene rings is 1. The predicted octanol–water partition coefficient (Wildman–Crippen LogP) is 4.11. The first-order chi connectivity index (χ1) is 12.4. The minimum absolute atomic E-state index is 0. The molecular formula is C17H20Cl4N4O2S. The minimum atomic E-state index is -0.542. The molecule has 0 spiro atoms. The highest BCUT2D eigenvalue weighted by Gasteiger charge is 2.18. The number of ether oxygens (including phenoxy) is 1. The zero-order valence-electron chi connectivity index (χ0n) is 14.6. The molecule has 2 aromatic rings. The average molecular weight is 486 g/mol. The summed E-state index contributed by atoms with van der Waals surface area (Å²) in [5.41, 5.74) is 12.4. The molecule has 1 aliphatic heterocycles. The van der Waals surface area contributed by atoms with Crippen molar-refractivity contribution < 1.29 is 9.53 Å². The van der Waals surface area contributed by atoms with E-state index in [2.05, 4.69) is 10.3 Å². The van der Waals surface area contributed by atoms with Crippen LogP contribution in [-0.4, -0.2) is 31.1 Å². The zero-order valence-corrected chi connectivity index (χ0v) is 18.6. The molecule has 11 heteroatoms. The topological polar surface area (TPSA) is 103 Å². The largest absolute Gasteiger partial charge is 0.490 e. The maximum Gasteiger partial charge on any atom is 0.280 e. The van der Waals surface area contributed by atoms with Crippen LogP contribution in [-0.2, 0) is 0 Å². The monoisotopic (exact) mass is 484 g/mol. The lowest BCUT2D eigenvalue weighted by atomic mass is 10.0. The lowest BCUT2D eigenvalue weighted by Gasteiger charge is -2.24. The van der Waals surface area contributed by atoms with Crippen molar-refractivity contribution in [3.05, 3.63) is 38.5 Å². The van der Waals surface area contributed by atoms with Crippen LogP contribution in [0.4, 0.5) is 0 Å². The van der Waals surface area contributed by atoms with Gasteiger partial charge < -0.3 is 21.5 Å². The van der Waals surface area contributed by atoms with Crippen LogP contribution >= 0.6 is 59.4 Å². The second kappa shape index (κ2) is 11.1. The van der Waals surface area contributed by atoms with Gasteiger partial charge in [-0.2, -0.15) is 4.99 Å². The van der Waals surface area contributed by atoms with Crippen LogP contribution in [0.3, 0.4) is 0 Å². The highest BCUT2D eigenvalue weighted by molar-refractivity contribution is 7.20. The van der Waals surface area contributed by atoms with Crippen molar-refractivity contribution in [3.8, 4) is 16.9 Å². The number of rotatable bonds is 4. The molecule has 3 rings (SSSR count). The van der Waals surface area contributed by atoms with Gasteiger partial charge in [0, 0.05) is 11.1 Å².